The molecule has 1 aromatic rings. The van der Waals surface area contributed by atoms with Crippen LogP contribution in [0.25, 0.3) is 0 Å². The van der Waals surface area contributed by atoms with Crippen molar-refractivity contribution < 1.29 is 14.7 Å². The number of halogens is 1. The number of carboxylic acids is 1. The van der Waals surface area contributed by atoms with E-state index in [0.29, 0.717) is 6.54 Å². The molecule has 0 aromatic heterocycles. The van der Waals surface area contributed by atoms with Crippen LogP contribution in [0, 0.1) is 19.8 Å². The molecule has 0 saturated carbocycles. The molecule has 0 saturated heterocycles. The summed E-state index contributed by atoms with van der Waals surface area (Å²) in [7, 11) is 0. The lowest BCUT2D eigenvalue weighted by Gasteiger charge is -2.24. The monoisotopic (exact) mass is 356 g/mol. The van der Waals surface area contributed by atoms with Gasteiger partial charge in [0.25, 0.3) is 0 Å². The molecule has 0 heterocycles. The Bertz CT molecular complexity index is 523. The van der Waals surface area contributed by atoms with E-state index in [-0.39, 0.29) is 12.6 Å². The lowest BCUT2D eigenvalue weighted by molar-refractivity contribution is -0.141. The second kappa shape index (κ2) is 7.45. The zero-order chi connectivity index (χ0) is 16.2. The van der Waals surface area contributed by atoms with Crippen LogP contribution >= 0.6 is 15.9 Å². The highest BCUT2D eigenvalue weighted by Crippen LogP contribution is 2.25. The molecule has 6 heteroatoms. The number of carbonyl (C=O) groups is 2. The van der Waals surface area contributed by atoms with Gasteiger partial charge in [-0.15, -0.1) is 0 Å². The third-order valence-corrected chi connectivity index (χ3v) is 3.77. The smallest absolute Gasteiger partial charge is 0.321 e. The first-order valence-electron chi connectivity index (χ1n) is 6.81. The summed E-state index contributed by atoms with van der Waals surface area (Å²) in [4.78, 5) is 24.7. The van der Waals surface area contributed by atoms with E-state index in [0.717, 1.165) is 21.3 Å². The van der Waals surface area contributed by atoms with Gasteiger partial charge < -0.3 is 15.3 Å². The number of hydrogen-bond donors (Lipinski definition) is 2. The standard InChI is InChI=1S/C15H21BrN2O3/c1-5-18(8-11(4)14(19)20)15(21)17-13-9(2)6-12(16)7-10(13)3/h6-7,11H,5,8H2,1-4H3,(H,17,21)(H,19,20). The maximum Gasteiger partial charge on any atom is 0.321 e. The van der Waals surface area contributed by atoms with Crippen LogP contribution in [0.4, 0.5) is 10.5 Å². The van der Waals surface area contributed by atoms with E-state index in [1.165, 1.54) is 4.90 Å². The normalized spacial score (nSPS) is 11.9. The summed E-state index contributed by atoms with van der Waals surface area (Å²) >= 11 is 3.42. The molecule has 5 nitrogen and oxygen atoms in total. The molecule has 21 heavy (non-hydrogen) atoms. The fourth-order valence-corrected chi connectivity index (χ4v) is 2.74. The highest BCUT2D eigenvalue weighted by molar-refractivity contribution is 9.10. The quantitative estimate of drug-likeness (QED) is 0.845. The number of rotatable bonds is 5. The molecule has 0 aliphatic heterocycles. The second-order valence-corrected chi connectivity index (χ2v) is 6.04. The Morgan fingerprint density at radius 2 is 1.86 bits per heavy atom. The Morgan fingerprint density at radius 3 is 2.29 bits per heavy atom. The van der Waals surface area contributed by atoms with Crippen LogP contribution in [0.3, 0.4) is 0 Å². The fourth-order valence-electron chi connectivity index (χ4n) is 2.06. The predicted octanol–water partition coefficient (Wildman–Crippen LogP) is 3.64. The molecule has 0 aliphatic rings. The SMILES string of the molecule is CCN(CC(C)C(=O)O)C(=O)Nc1c(C)cc(Br)cc1C. The topological polar surface area (TPSA) is 69.6 Å². The number of benzene rings is 1. The molecule has 116 valence electrons. The van der Waals surface area contributed by atoms with Gasteiger partial charge in [-0.3, -0.25) is 4.79 Å². The average molecular weight is 357 g/mol. The van der Waals surface area contributed by atoms with E-state index in [9.17, 15) is 9.59 Å². The number of carbonyl (C=O) groups excluding carboxylic acids is 1. The first-order valence-corrected chi connectivity index (χ1v) is 7.61. The van der Waals surface area contributed by atoms with Gasteiger partial charge in [0.05, 0.1) is 5.92 Å². The summed E-state index contributed by atoms with van der Waals surface area (Å²) in [5.41, 5.74) is 2.68. The second-order valence-electron chi connectivity index (χ2n) is 5.12. The summed E-state index contributed by atoms with van der Waals surface area (Å²) in [5, 5.41) is 11.8. The number of amides is 2. The zero-order valence-electron chi connectivity index (χ0n) is 12.7. The van der Waals surface area contributed by atoms with Crippen LogP contribution in [0.15, 0.2) is 16.6 Å². The molecule has 0 radical (unpaired) electrons. The molecular formula is C15H21BrN2O3. The van der Waals surface area contributed by atoms with Gasteiger partial charge >= 0.3 is 12.0 Å². The number of urea groups is 1. The third-order valence-electron chi connectivity index (χ3n) is 3.31. The molecule has 1 unspecified atom stereocenters. The predicted molar refractivity (Wildman–Crippen MR) is 86.7 cm³/mol. The van der Waals surface area contributed by atoms with Crippen LogP contribution < -0.4 is 5.32 Å². The Balaban J connectivity index is 2.86. The Labute approximate surface area is 133 Å². The number of nitrogens with one attached hydrogen (secondary N) is 1. The van der Waals surface area contributed by atoms with Crippen molar-refractivity contribution in [2.24, 2.45) is 5.92 Å². The van der Waals surface area contributed by atoms with Crippen molar-refractivity contribution in [1.82, 2.24) is 4.90 Å². The van der Waals surface area contributed by atoms with Crippen molar-refractivity contribution in [1.29, 1.82) is 0 Å². The number of carboxylic acid groups (broad SMARTS) is 1. The van der Waals surface area contributed by atoms with Crippen molar-refractivity contribution in [2.75, 3.05) is 18.4 Å². The van der Waals surface area contributed by atoms with Gasteiger partial charge in [0, 0.05) is 23.2 Å². The maximum absolute atomic E-state index is 12.3. The summed E-state index contributed by atoms with van der Waals surface area (Å²) in [6.45, 7) is 7.90. The first-order chi connectivity index (χ1) is 9.76. The maximum atomic E-state index is 12.3. The first kappa shape index (κ1) is 17.5. The van der Waals surface area contributed by atoms with E-state index >= 15 is 0 Å². The molecule has 0 aliphatic carbocycles. The Morgan fingerprint density at radius 1 is 1.33 bits per heavy atom. The van der Waals surface area contributed by atoms with Crippen LogP contribution in [0.5, 0.6) is 0 Å². The molecule has 1 rings (SSSR count). The fraction of sp³-hybridized carbons (Fsp3) is 0.467. The third kappa shape index (κ3) is 4.74. The Kier molecular flexibility index (Phi) is 6.20. The van der Waals surface area contributed by atoms with Crippen LogP contribution in [0.1, 0.15) is 25.0 Å². The molecule has 1 aromatic carbocycles. The lowest BCUT2D eigenvalue weighted by atomic mass is 10.1. The summed E-state index contributed by atoms with van der Waals surface area (Å²) < 4.78 is 0.961. The van der Waals surface area contributed by atoms with Gasteiger partial charge in [-0.1, -0.05) is 22.9 Å². The van der Waals surface area contributed by atoms with Crippen molar-refractivity contribution in [3.05, 3.63) is 27.7 Å². The summed E-state index contributed by atoms with van der Waals surface area (Å²) in [6.07, 6.45) is 0. The minimum Gasteiger partial charge on any atom is -0.481 e. The molecule has 0 bridgehead atoms. The number of anilines is 1. The lowest BCUT2D eigenvalue weighted by Crippen LogP contribution is -2.39. The average Bonchev–Trinajstić information content (AvgIpc) is 2.39. The van der Waals surface area contributed by atoms with Crippen molar-refractivity contribution in [2.45, 2.75) is 27.7 Å². The molecule has 0 fully saturated rings. The minimum atomic E-state index is -0.905. The number of hydrogen-bond acceptors (Lipinski definition) is 2. The van der Waals surface area contributed by atoms with Crippen LogP contribution in [-0.2, 0) is 4.79 Å². The minimum absolute atomic E-state index is 0.187. The summed E-state index contributed by atoms with van der Waals surface area (Å²) in [6, 6.07) is 3.58. The number of nitrogens with zero attached hydrogens (tertiary/aromatic N) is 1. The molecular weight excluding hydrogens is 336 g/mol. The Hall–Kier alpha value is -1.56. The van der Waals surface area contributed by atoms with E-state index < -0.39 is 11.9 Å². The van der Waals surface area contributed by atoms with Gasteiger partial charge in [0.1, 0.15) is 0 Å². The molecule has 1 atom stereocenters. The highest BCUT2D eigenvalue weighted by atomic mass is 79.9. The van der Waals surface area contributed by atoms with Crippen LogP contribution in [-0.4, -0.2) is 35.1 Å². The van der Waals surface area contributed by atoms with E-state index in [1.807, 2.05) is 32.9 Å². The summed E-state index contributed by atoms with van der Waals surface area (Å²) in [5.74, 6) is -1.50. The van der Waals surface area contributed by atoms with Gasteiger partial charge in [-0.05, 0) is 44.0 Å². The molecule has 2 N–H and O–H groups in total. The van der Waals surface area contributed by atoms with Gasteiger partial charge in [0.2, 0.25) is 0 Å². The van der Waals surface area contributed by atoms with Crippen molar-refractivity contribution in [3.63, 3.8) is 0 Å². The largest absolute Gasteiger partial charge is 0.481 e. The zero-order valence-corrected chi connectivity index (χ0v) is 14.3. The van der Waals surface area contributed by atoms with Gasteiger partial charge in [-0.2, -0.15) is 0 Å². The van der Waals surface area contributed by atoms with Gasteiger partial charge in [0.15, 0.2) is 0 Å². The van der Waals surface area contributed by atoms with E-state index in [2.05, 4.69) is 21.2 Å². The van der Waals surface area contributed by atoms with Gasteiger partial charge in [-0.25, -0.2) is 4.79 Å². The van der Waals surface area contributed by atoms with Crippen molar-refractivity contribution in [3.8, 4) is 0 Å². The van der Waals surface area contributed by atoms with E-state index in [4.69, 9.17) is 5.11 Å². The van der Waals surface area contributed by atoms with E-state index in [1.54, 1.807) is 6.92 Å². The molecule has 0 spiro atoms. The van der Waals surface area contributed by atoms with Crippen LogP contribution in [0.2, 0.25) is 0 Å². The number of aliphatic carboxylic acids is 1. The highest BCUT2D eigenvalue weighted by Gasteiger charge is 2.20. The number of aryl methyl sites for hydroxylation is 2. The molecule has 2 amide bonds. The van der Waals surface area contributed by atoms with Crippen molar-refractivity contribution >= 4 is 33.6 Å².